The summed E-state index contributed by atoms with van der Waals surface area (Å²) in [6.07, 6.45) is 6.59. The molecule has 1 aromatic carbocycles. The van der Waals surface area contributed by atoms with Crippen LogP contribution in [0.3, 0.4) is 0 Å². The molecule has 1 saturated carbocycles. The average molecular weight is 370 g/mol. The third-order valence-corrected chi connectivity index (χ3v) is 6.84. The summed E-state index contributed by atoms with van der Waals surface area (Å²) >= 11 is 0. The molecule has 4 fully saturated rings. The van der Waals surface area contributed by atoms with Crippen LogP contribution in [-0.2, 0) is 4.74 Å². The summed E-state index contributed by atoms with van der Waals surface area (Å²) in [5, 5.41) is 0. The quantitative estimate of drug-likeness (QED) is 0.821. The van der Waals surface area contributed by atoms with Gasteiger partial charge in [-0.05, 0) is 62.3 Å². The van der Waals surface area contributed by atoms with Crippen LogP contribution in [0.15, 0.2) is 24.3 Å². The van der Waals surface area contributed by atoms with E-state index in [-0.39, 0.29) is 5.91 Å². The number of carbonyl (C=O) groups excluding carboxylic acids is 1. The van der Waals surface area contributed by atoms with Gasteiger partial charge in [0.1, 0.15) is 0 Å². The number of carbonyl (C=O) groups is 1. The van der Waals surface area contributed by atoms with E-state index in [1.165, 1.54) is 37.8 Å². The lowest BCUT2D eigenvalue weighted by Crippen LogP contribution is -2.63. The summed E-state index contributed by atoms with van der Waals surface area (Å²) in [5.41, 5.74) is 2.07. The fourth-order valence-electron chi connectivity index (χ4n) is 5.10. The third-order valence-electron chi connectivity index (χ3n) is 6.84. The zero-order valence-corrected chi connectivity index (χ0v) is 16.2. The lowest BCUT2D eigenvalue weighted by molar-refractivity contribution is -0.0816. The van der Waals surface area contributed by atoms with Gasteiger partial charge >= 0.3 is 0 Å². The Balaban J connectivity index is 1.23. The van der Waals surface area contributed by atoms with Gasteiger partial charge in [-0.1, -0.05) is 0 Å². The van der Waals surface area contributed by atoms with Crippen LogP contribution in [0.2, 0.25) is 0 Å². The number of amides is 1. The number of hydrogen-bond donors (Lipinski definition) is 0. The van der Waals surface area contributed by atoms with Crippen molar-refractivity contribution in [3.05, 3.63) is 29.8 Å². The average Bonchev–Trinajstić information content (AvgIpc) is 3.58. The minimum Gasteiger partial charge on any atom is -0.378 e. The smallest absolute Gasteiger partial charge is 0.253 e. The summed E-state index contributed by atoms with van der Waals surface area (Å²) in [5.74, 6) is 1.01. The molecule has 3 heterocycles. The zero-order valence-electron chi connectivity index (χ0n) is 16.2. The summed E-state index contributed by atoms with van der Waals surface area (Å²) in [6.45, 7) is 6.56. The second kappa shape index (κ2) is 7.44. The lowest BCUT2D eigenvalue weighted by atomic mass is 10.0. The van der Waals surface area contributed by atoms with Gasteiger partial charge < -0.3 is 14.5 Å². The van der Waals surface area contributed by atoms with E-state index >= 15 is 0 Å². The van der Waals surface area contributed by atoms with E-state index in [0.717, 1.165) is 57.4 Å². The highest BCUT2D eigenvalue weighted by Gasteiger charge is 2.43. The van der Waals surface area contributed by atoms with Crippen molar-refractivity contribution in [3.63, 3.8) is 0 Å². The van der Waals surface area contributed by atoms with E-state index in [1.54, 1.807) is 0 Å². The first kappa shape index (κ1) is 17.5. The van der Waals surface area contributed by atoms with Gasteiger partial charge in [-0.2, -0.15) is 0 Å². The summed E-state index contributed by atoms with van der Waals surface area (Å²) in [6, 6.07) is 9.24. The molecule has 1 aromatic rings. The predicted molar refractivity (Wildman–Crippen MR) is 106 cm³/mol. The Morgan fingerprint density at radius 2 is 1.70 bits per heavy atom. The Morgan fingerprint density at radius 1 is 0.926 bits per heavy atom. The van der Waals surface area contributed by atoms with Crippen LogP contribution in [0.25, 0.3) is 0 Å². The van der Waals surface area contributed by atoms with Crippen LogP contribution in [0.5, 0.6) is 0 Å². The van der Waals surface area contributed by atoms with Crippen molar-refractivity contribution in [2.24, 2.45) is 5.92 Å². The van der Waals surface area contributed by atoms with Crippen LogP contribution in [-0.4, -0.2) is 73.7 Å². The van der Waals surface area contributed by atoms with Crippen LogP contribution >= 0.6 is 0 Å². The maximum Gasteiger partial charge on any atom is 0.253 e. The van der Waals surface area contributed by atoms with Crippen molar-refractivity contribution in [1.29, 1.82) is 0 Å². The molecule has 27 heavy (non-hydrogen) atoms. The Labute approximate surface area is 162 Å². The molecule has 0 unspecified atom stereocenters. The number of morpholine rings is 1. The third kappa shape index (κ3) is 3.59. The largest absolute Gasteiger partial charge is 0.378 e. The van der Waals surface area contributed by atoms with Gasteiger partial charge in [-0.25, -0.2) is 0 Å². The molecule has 0 bridgehead atoms. The number of piperazine rings is 1. The highest BCUT2D eigenvalue weighted by molar-refractivity contribution is 5.94. The minimum atomic E-state index is 0.174. The second-order valence-electron chi connectivity index (χ2n) is 8.68. The van der Waals surface area contributed by atoms with E-state index in [4.69, 9.17) is 4.74 Å². The molecule has 4 aliphatic rings. The fourth-order valence-corrected chi connectivity index (χ4v) is 5.10. The summed E-state index contributed by atoms with van der Waals surface area (Å²) in [7, 11) is 0. The molecule has 2 atom stereocenters. The Kier molecular flexibility index (Phi) is 4.82. The van der Waals surface area contributed by atoms with Gasteiger partial charge in [0.25, 0.3) is 5.91 Å². The molecule has 3 saturated heterocycles. The monoisotopic (exact) mass is 369 g/mol. The van der Waals surface area contributed by atoms with E-state index in [2.05, 4.69) is 21.9 Å². The minimum absolute atomic E-state index is 0.174. The molecular weight excluding hydrogens is 338 g/mol. The van der Waals surface area contributed by atoms with Crippen molar-refractivity contribution < 1.29 is 9.53 Å². The zero-order chi connectivity index (χ0) is 18.2. The highest BCUT2D eigenvalue weighted by Crippen LogP contribution is 2.38. The van der Waals surface area contributed by atoms with E-state index in [9.17, 15) is 4.79 Å². The predicted octanol–water partition coefficient (Wildman–Crippen LogP) is 2.61. The number of anilines is 1. The van der Waals surface area contributed by atoms with Crippen LogP contribution < -0.4 is 4.90 Å². The van der Waals surface area contributed by atoms with E-state index in [1.807, 2.05) is 17.0 Å². The summed E-state index contributed by atoms with van der Waals surface area (Å²) in [4.78, 5) is 20.1. The first-order chi connectivity index (χ1) is 13.3. The molecule has 1 aliphatic carbocycles. The Hall–Kier alpha value is -1.59. The maximum atomic E-state index is 13.0. The molecular formula is C22H31N3O2. The maximum absolute atomic E-state index is 13.0. The van der Waals surface area contributed by atoms with E-state index < -0.39 is 0 Å². The molecule has 5 nitrogen and oxygen atoms in total. The lowest BCUT2D eigenvalue weighted by Gasteiger charge is -2.48. The molecule has 0 radical (unpaired) electrons. The molecule has 5 rings (SSSR count). The van der Waals surface area contributed by atoms with Gasteiger partial charge in [0.05, 0.1) is 19.3 Å². The topological polar surface area (TPSA) is 36.0 Å². The van der Waals surface area contributed by atoms with Crippen molar-refractivity contribution in [2.45, 2.75) is 44.2 Å². The van der Waals surface area contributed by atoms with Gasteiger partial charge in [-0.15, -0.1) is 0 Å². The molecule has 1 amide bonds. The van der Waals surface area contributed by atoms with Crippen molar-refractivity contribution in [3.8, 4) is 0 Å². The molecule has 3 aliphatic heterocycles. The molecule has 5 heteroatoms. The number of hydrogen-bond acceptors (Lipinski definition) is 4. The number of rotatable bonds is 3. The number of benzene rings is 1. The summed E-state index contributed by atoms with van der Waals surface area (Å²) < 4.78 is 5.88. The van der Waals surface area contributed by atoms with E-state index in [0.29, 0.717) is 12.1 Å². The van der Waals surface area contributed by atoms with Crippen LogP contribution in [0, 0.1) is 5.92 Å². The first-order valence-electron chi connectivity index (χ1n) is 10.8. The number of piperidine rings is 1. The molecule has 0 N–H and O–H groups in total. The standard InChI is InChI=1S/C22H31N3O2/c26-22(18-6-8-19(9-7-18)23-10-2-1-3-11-23)24-12-13-25-20(14-24)15-27-16-21(25)17-4-5-17/h6-9,17,20-21H,1-5,10-16H2/t20-,21-/m1/s1. The van der Waals surface area contributed by atoms with Crippen LogP contribution in [0.4, 0.5) is 5.69 Å². The van der Waals surface area contributed by atoms with Gasteiger partial charge in [0.2, 0.25) is 0 Å². The van der Waals surface area contributed by atoms with Gasteiger partial charge in [-0.3, -0.25) is 9.69 Å². The van der Waals surface area contributed by atoms with Crippen molar-refractivity contribution in [2.75, 3.05) is 50.8 Å². The number of ether oxygens (including phenoxy) is 1. The normalized spacial score (nSPS) is 29.5. The van der Waals surface area contributed by atoms with Gasteiger partial charge in [0, 0.05) is 50.0 Å². The highest BCUT2D eigenvalue weighted by atomic mass is 16.5. The Morgan fingerprint density at radius 3 is 2.44 bits per heavy atom. The Bertz CT molecular complexity index is 667. The molecule has 146 valence electrons. The molecule has 0 aromatic heterocycles. The van der Waals surface area contributed by atoms with Crippen molar-refractivity contribution >= 4 is 11.6 Å². The second-order valence-corrected chi connectivity index (χ2v) is 8.68. The fraction of sp³-hybridized carbons (Fsp3) is 0.682. The van der Waals surface area contributed by atoms with Crippen molar-refractivity contribution in [1.82, 2.24) is 9.80 Å². The first-order valence-corrected chi connectivity index (χ1v) is 10.8. The number of nitrogens with zero attached hydrogens (tertiary/aromatic N) is 3. The SMILES string of the molecule is O=C(c1ccc(N2CCCCC2)cc1)N1CCN2[C@@H](COC[C@@H]2C2CC2)C1. The van der Waals surface area contributed by atoms with Crippen LogP contribution in [0.1, 0.15) is 42.5 Å². The van der Waals surface area contributed by atoms with Gasteiger partial charge in [0.15, 0.2) is 0 Å². The molecule has 0 spiro atoms. The number of fused-ring (bicyclic) bond motifs is 1.